The van der Waals surface area contributed by atoms with Crippen molar-refractivity contribution in [2.45, 2.75) is 31.3 Å². The second-order valence-electron chi connectivity index (χ2n) is 7.91. The lowest BCUT2D eigenvalue weighted by Gasteiger charge is -2.28. The molecule has 5 nitrogen and oxygen atoms in total. The monoisotopic (exact) mass is 435 g/mol. The first-order valence-electron chi connectivity index (χ1n) is 10.6. The molecule has 2 aromatic carbocycles. The summed E-state index contributed by atoms with van der Waals surface area (Å²) in [6.07, 6.45) is 4.13. The predicted octanol–water partition coefficient (Wildman–Crippen LogP) is 4.90. The normalized spacial score (nSPS) is 16.8. The number of nitrogens with zero attached hydrogens (tertiary/aromatic N) is 2. The fourth-order valence-corrected chi connectivity index (χ4v) is 4.53. The van der Waals surface area contributed by atoms with Crippen LogP contribution in [0, 0.1) is 0 Å². The van der Waals surface area contributed by atoms with Crippen molar-refractivity contribution in [3.05, 3.63) is 94.8 Å². The number of nitrogens with one attached hydrogen (secondary N) is 1. The minimum atomic E-state index is -0.438. The number of aromatic nitrogens is 1. The van der Waals surface area contributed by atoms with Crippen LogP contribution < -0.4 is 5.32 Å². The second kappa shape index (κ2) is 9.40. The highest BCUT2D eigenvalue weighted by atomic mass is 35.5. The number of hydrogen-bond acceptors (Lipinski definition) is 2. The highest BCUT2D eigenvalue weighted by molar-refractivity contribution is 6.33. The topological polar surface area (TPSA) is 54.3 Å². The molecule has 0 saturated carbocycles. The minimum Gasteiger partial charge on any atom is -0.353 e. The van der Waals surface area contributed by atoms with Crippen molar-refractivity contribution in [2.24, 2.45) is 7.05 Å². The summed E-state index contributed by atoms with van der Waals surface area (Å²) >= 11 is 6.21. The van der Waals surface area contributed by atoms with Gasteiger partial charge in [0.25, 0.3) is 5.91 Å². The quantitative estimate of drug-likeness (QED) is 0.598. The number of carbonyl (C=O) groups is 2. The SMILES string of the molecule is Cn1cccc1C1CCCN1C(=O)CC(NC(=O)c1ccccc1Cl)c1ccccc1. The van der Waals surface area contributed by atoms with E-state index in [-0.39, 0.29) is 24.3 Å². The summed E-state index contributed by atoms with van der Waals surface area (Å²) in [7, 11) is 2.01. The summed E-state index contributed by atoms with van der Waals surface area (Å²) in [6.45, 7) is 0.731. The maximum atomic E-state index is 13.4. The van der Waals surface area contributed by atoms with Crippen LogP contribution in [-0.2, 0) is 11.8 Å². The zero-order chi connectivity index (χ0) is 21.8. The number of rotatable bonds is 6. The molecule has 2 unspecified atom stereocenters. The molecular formula is C25H26ClN3O2. The average Bonchev–Trinajstić information content (AvgIpc) is 3.42. The average molecular weight is 436 g/mol. The van der Waals surface area contributed by atoms with E-state index in [0.717, 1.165) is 30.6 Å². The number of likely N-dealkylation sites (tertiary alicyclic amines) is 1. The van der Waals surface area contributed by atoms with Crippen LogP contribution in [0.2, 0.25) is 5.02 Å². The smallest absolute Gasteiger partial charge is 0.253 e. The Kier molecular flexibility index (Phi) is 6.42. The van der Waals surface area contributed by atoms with E-state index in [0.29, 0.717) is 10.6 Å². The number of hydrogen-bond donors (Lipinski definition) is 1. The number of halogens is 1. The van der Waals surface area contributed by atoms with Gasteiger partial charge in [0.1, 0.15) is 0 Å². The Bertz CT molecular complexity index is 1060. The Labute approximate surface area is 187 Å². The van der Waals surface area contributed by atoms with Gasteiger partial charge < -0.3 is 14.8 Å². The van der Waals surface area contributed by atoms with Crippen molar-refractivity contribution < 1.29 is 9.59 Å². The lowest BCUT2D eigenvalue weighted by molar-refractivity contribution is -0.132. The maximum absolute atomic E-state index is 13.4. The van der Waals surface area contributed by atoms with Gasteiger partial charge >= 0.3 is 0 Å². The van der Waals surface area contributed by atoms with Crippen molar-refractivity contribution in [1.82, 2.24) is 14.8 Å². The third-order valence-electron chi connectivity index (χ3n) is 5.90. The van der Waals surface area contributed by atoms with Crippen LogP contribution in [0.3, 0.4) is 0 Å². The van der Waals surface area contributed by atoms with Crippen LogP contribution in [0.1, 0.15) is 53.0 Å². The van der Waals surface area contributed by atoms with Gasteiger partial charge in [-0.1, -0.05) is 54.1 Å². The summed E-state index contributed by atoms with van der Waals surface area (Å²) in [5, 5.41) is 3.42. The number of aryl methyl sites for hydroxylation is 1. The van der Waals surface area contributed by atoms with Gasteiger partial charge in [-0.05, 0) is 42.7 Å². The van der Waals surface area contributed by atoms with E-state index in [2.05, 4.69) is 16.0 Å². The van der Waals surface area contributed by atoms with Crippen LogP contribution in [-0.4, -0.2) is 27.8 Å². The van der Waals surface area contributed by atoms with E-state index in [1.807, 2.05) is 54.5 Å². The summed E-state index contributed by atoms with van der Waals surface area (Å²) < 4.78 is 2.07. The molecule has 0 spiro atoms. The Morgan fingerprint density at radius 3 is 2.52 bits per heavy atom. The zero-order valence-electron chi connectivity index (χ0n) is 17.5. The summed E-state index contributed by atoms with van der Waals surface area (Å²) in [4.78, 5) is 28.2. The maximum Gasteiger partial charge on any atom is 0.253 e. The van der Waals surface area contributed by atoms with E-state index in [1.165, 1.54) is 0 Å². The summed E-state index contributed by atoms with van der Waals surface area (Å²) in [5.74, 6) is -0.246. The molecule has 3 aromatic rings. The third-order valence-corrected chi connectivity index (χ3v) is 6.23. The van der Waals surface area contributed by atoms with E-state index >= 15 is 0 Å². The third kappa shape index (κ3) is 4.67. The first-order valence-corrected chi connectivity index (χ1v) is 10.9. The van der Waals surface area contributed by atoms with Gasteiger partial charge in [0, 0.05) is 25.5 Å². The van der Waals surface area contributed by atoms with Crippen molar-refractivity contribution in [1.29, 1.82) is 0 Å². The molecule has 4 rings (SSSR count). The molecule has 6 heteroatoms. The molecule has 2 heterocycles. The van der Waals surface area contributed by atoms with Crippen LogP contribution in [0.5, 0.6) is 0 Å². The first-order chi connectivity index (χ1) is 15.0. The second-order valence-corrected chi connectivity index (χ2v) is 8.32. The molecule has 1 saturated heterocycles. The standard InChI is InChI=1S/C25H26ClN3O2/c1-28-15-7-13-22(28)23-14-8-16-29(23)24(30)17-21(18-9-3-2-4-10-18)27-25(31)19-11-5-6-12-20(19)26/h2-7,9-13,15,21,23H,8,14,16-17H2,1H3,(H,27,31). The molecule has 0 aliphatic carbocycles. The van der Waals surface area contributed by atoms with E-state index < -0.39 is 6.04 Å². The molecule has 2 amide bonds. The predicted molar refractivity (Wildman–Crippen MR) is 122 cm³/mol. The summed E-state index contributed by atoms with van der Waals surface area (Å²) in [6, 6.07) is 20.3. The number of amides is 2. The number of benzene rings is 2. The van der Waals surface area contributed by atoms with Gasteiger partial charge in [0.2, 0.25) is 5.91 Å². The molecule has 2 atom stereocenters. The molecule has 31 heavy (non-hydrogen) atoms. The highest BCUT2D eigenvalue weighted by Crippen LogP contribution is 2.33. The molecular weight excluding hydrogens is 410 g/mol. The van der Waals surface area contributed by atoms with E-state index in [1.54, 1.807) is 24.3 Å². The molecule has 0 radical (unpaired) electrons. The Morgan fingerprint density at radius 2 is 1.81 bits per heavy atom. The largest absolute Gasteiger partial charge is 0.353 e. The minimum absolute atomic E-state index is 0.0389. The number of carbonyl (C=O) groups excluding carboxylic acids is 2. The van der Waals surface area contributed by atoms with Gasteiger partial charge in [-0.25, -0.2) is 0 Å². The summed E-state index contributed by atoms with van der Waals surface area (Å²) in [5.41, 5.74) is 2.44. The van der Waals surface area contributed by atoms with Crippen LogP contribution in [0.4, 0.5) is 0 Å². The van der Waals surface area contributed by atoms with Crippen LogP contribution in [0.25, 0.3) is 0 Å². The van der Waals surface area contributed by atoms with Gasteiger partial charge in [-0.2, -0.15) is 0 Å². The van der Waals surface area contributed by atoms with Crippen molar-refractivity contribution in [3.63, 3.8) is 0 Å². The molecule has 1 aromatic heterocycles. The zero-order valence-corrected chi connectivity index (χ0v) is 18.3. The fourth-order valence-electron chi connectivity index (χ4n) is 4.30. The molecule has 1 N–H and O–H groups in total. The van der Waals surface area contributed by atoms with E-state index in [4.69, 9.17) is 11.6 Å². The molecule has 1 aliphatic heterocycles. The van der Waals surface area contributed by atoms with Gasteiger partial charge in [0.05, 0.1) is 29.1 Å². The van der Waals surface area contributed by atoms with Crippen LogP contribution in [0.15, 0.2) is 72.9 Å². The van der Waals surface area contributed by atoms with Gasteiger partial charge in [-0.3, -0.25) is 9.59 Å². The van der Waals surface area contributed by atoms with Gasteiger partial charge in [-0.15, -0.1) is 0 Å². The Hall–Kier alpha value is -3.05. The fraction of sp³-hybridized carbons (Fsp3) is 0.280. The molecule has 160 valence electrons. The van der Waals surface area contributed by atoms with Crippen molar-refractivity contribution in [3.8, 4) is 0 Å². The molecule has 1 aliphatic rings. The first kappa shape index (κ1) is 21.2. The van der Waals surface area contributed by atoms with E-state index in [9.17, 15) is 9.59 Å². The van der Waals surface area contributed by atoms with Crippen molar-refractivity contribution >= 4 is 23.4 Å². The lowest BCUT2D eigenvalue weighted by Crippen LogP contribution is -2.36. The van der Waals surface area contributed by atoms with Gasteiger partial charge in [0.15, 0.2) is 0 Å². The van der Waals surface area contributed by atoms with Crippen LogP contribution >= 0.6 is 11.6 Å². The highest BCUT2D eigenvalue weighted by Gasteiger charge is 2.33. The molecule has 0 bridgehead atoms. The van der Waals surface area contributed by atoms with Crippen molar-refractivity contribution in [2.75, 3.05) is 6.54 Å². The lowest BCUT2D eigenvalue weighted by atomic mass is 10.0. The Balaban J connectivity index is 1.55. The molecule has 1 fully saturated rings. The Morgan fingerprint density at radius 1 is 1.06 bits per heavy atom.